The van der Waals surface area contributed by atoms with Gasteiger partial charge in [0.1, 0.15) is 0 Å². The van der Waals surface area contributed by atoms with Gasteiger partial charge in [0.2, 0.25) is 5.89 Å². The van der Waals surface area contributed by atoms with E-state index in [1.54, 1.807) is 0 Å². The van der Waals surface area contributed by atoms with Gasteiger partial charge >= 0.3 is 0 Å². The molecule has 0 atom stereocenters. The van der Waals surface area contributed by atoms with Crippen molar-refractivity contribution < 1.29 is 4.52 Å². The van der Waals surface area contributed by atoms with Crippen LogP contribution in [0.15, 0.2) is 28.8 Å². The summed E-state index contributed by atoms with van der Waals surface area (Å²) in [6, 6.07) is 7.71. The maximum atomic E-state index is 5.80. The van der Waals surface area contributed by atoms with Crippen LogP contribution in [0.2, 0.25) is 5.02 Å². The van der Waals surface area contributed by atoms with Crippen LogP contribution < -0.4 is 0 Å². The van der Waals surface area contributed by atoms with Gasteiger partial charge in [-0.15, -0.1) is 11.6 Å². The first-order chi connectivity index (χ1) is 7.78. The van der Waals surface area contributed by atoms with Crippen molar-refractivity contribution >= 4 is 23.2 Å². The van der Waals surface area contributed by atoms with Gasteiger partial charge in [0, 0.05) is 11.4 Å². The maximum absolute atomic E-state index is 5.80. The lowest BCUT2D eigenvalue weighted by Gasteiger charge is -1.97. The van der Waals surface area contributed by atoms with E-state index in [-0.39, 0.29) is 5.88 Å². The number of alkyl halides is 1. The molecule has 0 unspecified atom stereocenters. The van der Waals surface area contributed by atoms with Gasteiger partial charge in [0.05, 0.1) is 5.88 Å². The van der Waals surface area contributed by atoms with E-state index in [0.29, 0.717) is 18.1 Å². The summed E-state index contributed by atoms with van der Waals surface area (Å²) in [6.45, 7) is 0. The van der Waals surface area contributed by atoms with Crippen LogP contribution in [-0.2, 0) is 18.7 Å². The number of benzene rings is 1. The average Bonchev–Trinajstić information content (AvgIpc) is 2.76. The Balaban J connectivity index is 1.94. The van der Waals surface area contributed by atoms with E-state index in [4.69, 9.17) is 27.7 Å². The topological polar surface area (TPSA) is 38.9 Å². The molecule has 0 spiro atoms. The first-order valence-electron chi connectivity index (χ1n) is 4.90. The first kappa shape index (κ1) is 11.4. The number of hydrogen-bond donors (Lipinski definition) is 0. The van der Waals surface area contributed by atoms with Crippen LogP contribution in [0, 0.1) is 0 Å². The second-order valence-corrected chi connectivity index (χ2v) is 4.07. The average molecular weight is 257 g/mol. The zero-order valence-corrected chi connectivity index (χ0v) is 10.0. The minimum Gasteiger partial charge on any atom is -0.339 e. The third-order valence-electron chi connectivity index (χ3n) is 2.17. The highest BCUT2D eigenvalue weighted by molar-refractivity contribution is 6.30. The van der Waals surface area contributed by atoms with Crippen LogP contribution in [-0.4, -0.2) is 10.1 Å². The molecule has 3 nitrogen and oxygen atoms in total. The van der Waals surface area contributed by atoms with Gasteiger partial charge in [0.15, 0.2) is 5.82 Å². The molecule has 0 aliphatic carbocycles. The Hall–Kier alpha value is -1.06. The highest BCUT2D eigenvalue weighted by Gasteiger charge is 2.05. The maximum Gasteiger partial charge on any atom is 0.227 e. The second kappa shape index (κ2) is 5.32. The Bertz CT molecular complexity index is 453. The molecule has 5 heteroatoms. The quantitative estimate of drug-likeness (QED) is 0.789. The molecule has 1 aromatic heterocycles. The van der Waals surface area contributed by atoms with Crippen LogP contribution in [0.4, 0.5) is 0 Å². The Kier molecular flexibility index (Phi) is 3.80. The summed E-state index contributed by atoms with van der Waals surface area (Å²) in [5, 5.41) is 4.46. The lowest BCUT2D eigenvalue weighted by molar-refractivity contribution is 0.374. The standard InChI is InChI=1S/C11H10Cl2N2O/c12-7-10-14-11(16-15-10)6-3-8-1-4-9(13)5-2-8/h1-2,4-5H,3,6-7H2. The fourth-order valence-corrected chi connectivity index (χ4v) is 1.58. The third kappa shape index (κ3) is 2.97. The Morgan fingerprint density at radius 1 is 1.12 bits per heavy atom. The predicted molar refractivity (Wildman–Crippen MR) is 62.7 cm³/mol. The molecule has 0 aliphatic rings. The molecule has 0 amide bonds. The summed E-state index contributed by atoms with van der Waals surface area (Å²) in [5.41, 5.74) is 1.19. The van der Waals surface area contributed by atoms with E-state index in [1.165, 1.54) is 5.56 Å². The fourth-order valence-electron chi connectivity index (χ4n) is 1.35. The van der Waals surface area contributed by atoms with Gasteiger partial charge in [-0.05, 0) is 24.1 Å². The van der Waals surface area contributed by atoms with E-state index in [0.717, 1.165) is 11.4 Å². The highest BCUT2D eigenvalue weighted by Crippen LogP contribution is 2.11. The van der Waals surface area contributed by atoms with Crippen molar-refractivity contribution in [3.63, 3.8) is 0 Å². The lowest BCUT2D eigenvalue weighted by Crippen LogP contribution is -1.91. The van der Waals surface area contributed by atoms with Crippen molar-refractivity contribution in [2.45, 2.75) is 18.7 Å². The smallest absolute Gasteiger partial charge is 0.227 e. The van der Waals surface area contributed by atoms with Gasteiger partial charge in [-0.1, -0.05) is 28.9 Å². The number of rotatable bonds is 4. The van der Waals surface area contributed by atoms with Crippen molar-refractivity contribution in [2.24, 2.45) is 0 Å². The summed E-state index contributed by atoms with van der Waals surface area (Å²) in [4.78, 5) is 4.13. The van der Waals surface area contributed by atoms with E-state index < -0.39 is 0 Å². The molecule has 0 radical (unpaired) electrons. The van der Waals surface area contributed by atoms with Gasteiger partial charge < -0.3 is 4.52 Å². The molecule has 0 saturated heterocycles. The number of nitrogens with zero attached hydrogens (tertiary/aromatic N) is 2. The van der Waals surface area contributed by atoms with E-state index in [2.05, 4.69) is 10.1 Å². The molecule has 1 heterocycles. The highest BCUT2D eigenvalue weighted by atomic mass is 35.5. The van der Waals surface area contributed by atoms with Crippen molar-refractivity contribution in [2.75, 3.05) is 0 Å². The normalized spacial score (nSPS) is 10.6. The van der Waals surface area contributed by atoms with Crippen molar-refractivity contribution in [3.05, 3.63) is 46.6 Å². The first-order valence-corrected chi connectivity index (χ1v) is 5.81. The molecular weight excluding hydrogens is 247 g/mol. The summed E-state index contributed by atoms with van der Waals surface area (Å²) in [6.07, 6.45) is 1.56. The third-order valence-corrected chi connectivity index (χ3v) is 2.66. The van der Waals surface area contributed by atoms with Crippen molar-refractivity contribution in [3.8, 4) is 0 Å². The van der Waals surface area contributed by atoms with Crippen LogP contribution in [0.5, 0.6) is 0 Å². The number of aryl methyl sites for hydroxylation is 2. The largest absolute Gasteiger partial charge is 0.339 e. The molecule has 0 aliphatic heterocycles. The molecule has 2 aromatic rings. The summed E-state index contributed by atoms with van der Waals surface area (Å²) < 4.78 is 5.03. The molecule has 1 aromatic carbocycles. The van der Waals surface area contributed by atoms with Gasteiger partial charge in [-0.2, -0.15) is 4.98 Å². The zero-order valence-electron chi connectivity index (χ0n) is 8.49. The van der Waals surface area contributed by atoms with Gasteiger partial charge in [-0.3, -0.25) is 0 Å². The van der Waals surface area contributed by atoms with E-state index in [1.807, 2.05) is 24.3 Å². The molecule has 0 fully saturated rings. The minimum atomic E-state index is 0.282. The minimum absolute atomic E-state index is 0.282. The summed E-state index contributed by atoms with van der Waals surface area (Å²) in [7, 11) is 0. The predicted octanol–water partition coefficient (Wildman–Crippen LogP) is 3.25. The number of hydrogen-bond acceptors (Lipinski definition) is 3. The Morgan fingerprint density at radius 3 is 2.50 bits per heavy atom. The molecule has 2 rings (SSSR count). The monoisotopic (exact) mass is 256 g/mol. The van der Waals surface area contributed by atoms with E-state index in [9.17, 15) is 0 Å². The van der Waals surface area contributed by atoms with Crippen LogP contribution >= 0.6 is 23.2 Å². The summed E-state index contributed by atoms with van der Waals surface area (Å²) >= 11 is 11.4. The molecule has 16 heavy (non-hydrogen) atoms. The summed E-state index contributed by atoms with van der Waals surface area (Å²) in [5.74, 6) is 1.43. The number of halogens is 2. The van der Waals surface area contributed by atoms with Crippen molar-refractivity contribution in [1.29, 1.82) is 0 Å². The molecule has 0 saturated carbocycles. The van der Waals surface area contributed by atoms with Crippen LogP contribution in [0.1, 0.15) is 17.3 Å². The molecule has 0 bridgehead atoms. The Morgan fingerprint density at radius 2 is 1.88 bits per heavy atom. The SMILES string of the molecule is ClCc1noc(CCc2ccc(Cl)cc2)n1. The van der Waals surface area contributed by atoms with Crippen LogP contribution in [0.25, 0.3) is 0 Å². The molecule has 84 valence electrons. The molecule has 0 N–H and O–H groups in total. The number of aromatic nitrogens is 2. The fraction of sp³-hybridized carbons (Fsp3) is 0.273. The van der Waals surface area contributed by atoms with E-state index >= 15 is 0 Å². The van der Waals surface area contributed by atoms with Gasteiger partial charge in [0.25, 0.3) is 0 Å². The van der Waals surface area contributed by atoms with Crippen molar-refractivity contribution in [1.82, 2.24) is 10.1 Å². The lowest BCUT2D eigenvalue weighted by atomic mass is 10.1. The van der Waals surface area contributed by atoms with Gasteiger partial charge in [-0.25, -0.2) is 0 Å². The van der Waals surface area contributed by atoms with Crippen LogP contribution in [0.3, 0.4) is 0 Å². The zero-order chi connectivity index (χ0) is 11.4. The second-order valence-electron chi connectivity index (χ2n) is 3.36. The Labute approximate surface area is 103 Å². The molecular formula is C11H10Cl2N2O.